The molecule has 7 nitrogen and oxygen atoms in total. The van der Waals surface area contributed by atoms with Crippen molar-refractivity contribution in [3.8, 4) is 11.5 Å². The van der Waals surface area contributed by atoms with E-state index in [1.807, 2.05) is 13.8 Å². The van der Waals surface area contributed by atoms with Gasteiger partial charge in [-0.2, -0.15) is 4.31 Å². The van der Waals surface area contributed by atoms with Crippen molar-refractivity contribution in [2.75, 3.05) is 14.2 Å². The largest absolute Gasteiger partial charge is 0.497 e. The van der Waals surface area contributed by atoms with Crippen molar-refractivity contribution in [2.45, 2.75) is 38.3 Å². The van der Waals surface area contributed by atoms with E-state index in [9.17, 15) is 18.3 Å². The van der Waals surface area contributed by atoms with Gasteiger partial charge >= 0.3 is 5.97 Å². The molecule has 0 aromatic heterocycles. The van der Waals surface area contributed by atoms with Gasteiger partial charge in [0, 0.05) is 6.54 Å². The number of rotatable bonds is 8. The Kier molecular flexibility index (Phi) is 6.69. The molecule has 152 valence electrons. The molecular weight excluding hydrogens is 382 g/mol. The lowest BCUT2D eigenvalue weighted by Crippen LogP contribution is -2.42. The Hall–Kier alpha value is -2.58. The maximum atomic E-state index is 13.2. The molecule has 0 aliphatic carbocycles. The van der Waals surface area contributed by atoms with E-state index in [4.69, 9.17) is 9.47 Å². The van der Waals surface area contributed by atoms with Crippen LogP contribution in [0.5, 0.6) is 11.5 Å². The second-order valence-corrected chi connectivity index (χ2v) is 8.31. The smallest absolute Gasteiger partial charge is 0.321 e. The van der Waals surface area contributed by atoms with E-state index in [-0.39, 0.29) is 11.4 Å². The van der Waals surface area contributed by atoms with Gasteiger partial charge in [0.15, 0.2) is 0 Å². The Morgan fingerprint density at radius 2 is 1.64 bits per heavy atom. The van der Waals surface area contributed by atoms with E-state index in [0.717, 1.165) is 15.4 Å². The molecule has 0 saturated carbocycles. The Morgan fingerprint density at radius 1 is 1.04 bits per heavy atom. The predicted octanol–water partition coefficient (Wildman–Crippen LogP) is 2.98. The van der Waals surface area contributed by atoms with Crippen LogP contribution in [-0.2, 0) is 21.4 Å². The van der Waals surface area contributed by atoms with E-state index >= 15 is 0 Å². The zero-order valence-electron chi connectivity index (χ0n) is 16.6. The fourth-order valence-electron chi connectivity index (χ4n) is 2.85. The van der Waals surface area contributed by atoms with Crippen molar-refractivity contribution < 1.29 is 27.8 Å². The molecule has 8 heteroatoms. The van der Waals surface area contributed by atoms with Gasteiger partial charge in [0.05, 0.1) is 19.1 Å². The summed E-state index contributed by atoms with van der Waals surface area (Å²) in [7, 11) is -1.00. The van der Waals surface area contributed by atoms with Crippen molar-refractivity contribution >= 4 is 16.0 Å². The molecular formula is C20H25NO6S. The highest BCUT2D eigenvalue weighted by Gasteiger charge is 2.33. The van der Waals surface area contributed by atoms with Crippen LogP contribution in [0.2, 0.25) is 0 Å². The van der Waals surface area contributed by atoms with Gasteiger partial charge in [-0.3, -0.25) is 4.79 Å². The van der Waals surface area contributed by atoms with E-state index < -0.39 is 22.0 Å². The number of aliphatic carboxylic acids is 1. The lowest BCUT2D eigenvalue weighted by Gasteiger charge is -2.27. The maximum absolute atomic E-state index is 13.2. The molecule has 0 unspecified atom stereocenters. The van der Waals surface area contributed by atoms with Crippen LogP contribution in [0.25, 0.3) is 0 Å². The third-order valence-corrected chi connectivity index (χ3v) is 6.78. The second-order valence-electron chi connectivity index (χ2n) is 6.42. The number of hydrogen-bond acceptors (Lipinski definition) is 5. The highest BCUT2D eigenvalue weighted by Crippen LogP contribution is 2.28. The average molecular weight is 407 g/mol. The molecule has 2 rings (SSSR count). The number of carboxylic acids is 1. The van der Waals surface area contributed by atoms with Crippen LogP contribution in [0.15, 0.2) is 41.3 Å². The monoisotopic (exact) mass is 407 g/mol. The molecule has 1 atom stereocenters. The van der Waals surface area contributed by atoms with Gasteiger partial charge in [-0.15, -0.1) is 0 Å². The number of methoxy groups -OCH3 is 2. The number of ether oxygens (including phenoxy) is 2. The van der Waals surface area contributed by atoms with Crippen molar-refractivity contribution in [2.24, 2.45) is 0 Å². The molecule has 0 spiro atoms. The number of carboxylic acid groups (broad SMARTS) is 1. The SMILES string of the molecule is COc1ccc(S(=O)(=O)N(Cc2ccc(OC)c(C)c2C)[C@H](C)C(=O)O)cc1. The normalized spacial score (nSPS) is 12.6. The standard InChI is InChI=1S/C20H25NO6S/c1-13-14(2)19(27-5)11-6-16(13)12-21(15(3)20(22)23)28(24,25)18-9-7-17(26-4)8-10-18/h6-11,15H,12H2,1-5H3,(H,22,23)/t15-/m1/s1. The molecule has 0 heterocycles. The molecule has 2 aromatic carbocycles. The van der Waals surface area contributed by atoms with Crippen molar-refractivity contribution in [3.63, 3.8) is 0 Å². The molecule has 0 radical (unpaired) electrons. The first kappa shape index (κ1) is 21.7. The van der Waals surface area contributed by atoms with Crippen molar-refractivity contribution in [1.29, 1.82) is 0 Å². The first-order valence-electron chi connectivity index (χ1n) is 8.65. The van der Waals surface area contributed by atoms with Gasteiger partial charge in [-0.1, -0.05) is 6.07 Å². The Balaban J connectivity index is 2.50. The molecule has 0 saturated heterocycles. The quantitative estimate of drug-likeness (QED) is 0.723. The number of hydrogen-bond donors (Lipinski definition) is 1. The maximum Gasteiger partial charge on any atom is 0.321 e. The first-order chi connectivity index (χ1) is 13.1. The molecule has 0 amide bonds. The van der Waals surface area contributed by atoms with Crippen LogP contribution in [-0.4, -0.2) is 44.1 Å². The predicted molar refractivity (Wildman–Crippen MR) is 105 cm³/mol. The molecule has 0 aliphatic heterocycles. The number of nitrogens with zero attached hydrogens (tertiary/aromatic N) is 1. The van der Waals surface area contributed by atoms with Crippen molar-refractivity contribution in [3.05, 3.63) is 53.1 Å². The minimum Gasteiger partial charge on any atom is -0.497 e. The zero-order valence-corrected chi connectivity index (χ0v) is 17.4. The summed E-state index contributed by atoms with van der Waals surface area (Å²) < 4.78 is 37.7. The molecule has 0 bridgehead atoms. The van der Waals surface area contributed by atoms with E-state index in [1.165, 1.54) is 38.3 Å². The molecule has 0 aliphatic rings. The molecule has 1 N–H and O–H groups in total. The van der Waals surface area contributed by atoms with Gasteiger partial charge in [-0.25, -0.2) is 8.42 Å². The zero-order chi connectivity index (χ0) is 21.1. The summed E-state index contributed by atoms with van der Waals surface area (Å²) in [6.07, 6.45) is 0. The minimum atomic E-state index is -4.05. The fraction of sp³-hybridized carbons (Fsp3) is 0.350. The van der Waals surface area contributed by atoms with E-state index in [1.54, 1.807) is 19.2 Å². The summed E-state index contributed by atoms with van der Waals surface area (Å²) in [5.41, 5.74) is 2.44. The fourth-order valence-corrected chi connectivity index (χ4v) is 4.41. The Bertz CT molecular complexity index is 953. The van der Waals surface area contributed by atoms with Crippen molar-refractivity contribution in [1.82, 2.24) is 4.31 Å². The van der Waals surface area contributed by atoms with Crippen LogP contribution < -0.4 is 9.47 Å². The Labute approximate surface area is 165 Å². The van der Waals surface area contributed by atoms with Crippen LogP contribution >= 0.6 is 0 Å². The second kappa shape index (κ2) is 8.62. The summed E-state index contributed by atoms with van der Waals surface area (Å²) >= 11 is 0. The number of benzene rings is 2. The molecule has 2 aromatic rings. The third kappa shape index (κ3) is 4.28. The summed E-state index contributed by atoms with van der Waals surface area (Å²) in [6.45, 7) is 5.02. The first-order valence-corrected chi connectivity index (χ1v) is 10.1. The molecule has 0 fully saturated rings. The lowest BCUT2D eigenvalue weighted by atomic mass is 10.0. The van der Waals surface area contributed by atoms with Crippen LogP contribution in [0.4, 0.5) is 0 Å². The van der Waals surface area contributed by atoms with Gasteiger partial charge in [0.2, 0.25) is 10.0 Å². The third-order valence-electron chi connectivity index (χ3n) is 4.85. The van der Waals surface area contributed by atoms with Gasteiger partial charge in [0.25, 0.3) is 0 Å². The lowest BCUT2D eigenvalue weighted by molar-refractivity contribution is -0.141. The highest BCUT2D eigenvalue weighted by atomic mass is 32.2. The number of carbonyl (C=O) groups is 1. The highest BCUT2D eigenvalue weighted by molar-refractivity contribution is 7.89. The van der Waals surface area contributed by atoms with Crippen LogP contribution in [0, 0.1) is 13.8 Å². The minimum absolute atomic E-state index is 0.00397. The van der Waals surface area contributed by atoms with Gasteiger partial charge < -0.3 is 14.6 Å². The van der Waals surface area contributed by atoms with Gasteiger partial charge in [-0.05, 0) is 67.8 Å². The average Bonchev–Trinajstić information content (AvgIpc) is 2.68. The summed E-state index contributed by atoms with van der Waals surface area (Å²) in [5, 5.41) is 9.48. The topological polar surface area (TPSA) is 93.1 Å². The van der Waals surface area contributed by atoms with Gasteiger partial charge in [0.1, 0.15) is 17.5 Å². The number of sulfonamides is 1. The Morgan fingerprint density at radius 3 is 2.14 bits per heavy atom. The summed E-state index contributed by atoms with van der Waals surface area (Å²) in [6, 6.07) is 8.13. The van der Waals surface area contributed by atoms with Crippen LogP contribution in [0.3, 0.4) is 0 Å². The summed E-state index contributed by atoms with van der Waals surface area (Å²) in [4.78, 5) is 11.6. The van der Waals surface area contributed by atoms with Crippen LogP contribution in [0.1, 0.15) is 23.6 Å². The summed E-state index contributed by atoms with van der Waals surface area (Å²) in [5.74, 6) is -0.0181. The van der Waals surface area contributed by atoms with E-state index in [2.05, 4.69) is 0 Å². The van der Waals surface area contributed by atoms with E-state index in [0.29, 0.717) is 17.1 Å². The molecule has 28 heavy (non-hydrogen) atoms.